The molecule has 1 aliphatic rings. The fraction of sp³-hybridized carbons (Fsp3) is 0.429. The van der Waals surface area contributed by atoms with Gasteiger partial charge >= 0.3 is 0 Å². The number of hydrogen-bond acceptors (Lipinski definition) is 3. The van der Waals surface area contributed by atoms with Crippen LogP contribution < -0.4 is 5.32 Å². The summed E-state index contributed by atoms with van der Waals surface area (Å²) in [6, 6.07) is 7.21. The summed E-state index contributed by atoms with van der Waals surface area (Å²) < 4.78 is 5.94. The Hall–Kier alpha value is -1.40. The smallest absolute Gasteiger partial charge is 0.252 e. The third-order valence-electron chi connectivity index (χ3n) is 3.11. The normalized spacial score (nSPS) is 14.9. The maximum Gasteiger partial charge on any atom is 0.252 e. The lowest BCUT2D eigenvalue weighted by molar-refractivity contribution is -0.135. The Labute approximate surface area is 126 Å². The molecule has 0 aliphatic carbocycles. The molecule has 1 aromatic rings. The molecule has 6 heteroatoms. The van der Waals surface area contributed by atoms with Gasteiger partial charge in [0.05, 0.1) is 18.8 Å². The average molecular weight is 341 g/mol. The standard InChI is InChI=1S/C14H17BrN2O3/c15-12-4-2-1-3-11(12)14(19)16-6-5-13(18)17-7-9-20-10-8-17/h1-4H,5-10H2,(H,16,19). The van der Waals surface area contributed by atoms with E-state index < -0.39 is 0 Å². The minimum absolute atomic E-state index is 0.0562. The van der Waals surface area contributed by atoms with E-state index in [2.05, 4.69) is 21.2 Å². The number of hydrogen-bond donors (Lipinski definition) is 1. The number of nitrogens with one attached hydrogen (secondary N) is 1. The van der Waals surface area contributed by atoms with Crippen LogP contribution in [0.5, 0.6) is 0 Å². The van der Waals surface area contributed by atoms with E-state index in [-0.39, 0.29) is 11.8 Å². The van der Waals surface area contributed by atoms with Crippen molar-refractivity contribution in [2.45, 2.75) is 6.42 Å². The first kappa shape index (κ1) is 15.0. The van der Waals surface area contributed by atoms with Crippen molar-refractivity contribution in [1.29, 1.82) is 0 Å². The molecule has 0 aromatic heterocycles. The van der Waals surface area contributed by atoms with Gasteiger partial charge in [-0.25, -0.2) is 0 Å². The Morgan fingerprint density at radius 2 is 1.95 bits per heavy atom. The average Bonchev–Trinajstić information content (AvgIpc) is 2.48. The fourth-order valence-electron chi connectivity index (χ4n) is 1.99. The Morgan fingerprint density at radius 3 is 2.65 bits per heavy atom. The van der Waals surface area contributed by atoms with Gasteiger partial charge in [-0.1, -0.05) is 12.1 Å². The number of ether oxygens (including phenoxy) is 1. The van der Waals surface area contributed by atoms with Gasteiger partial charge in [0.1, 0.15) is 0 Å². The highest BCUT2D eigenvalue weighted by Crippen LogP contribution is 2.15. The lowest BCUT2D eigenvalue weighted by atomic mass is 10.2. The number of rotatable bonds is 4. The second-order valence-corrected chi connectivity index (χ2v) is 5.33. The van der Waals surface area contributed by atoms with E-state index >= 15 is 0 Å². The van der Waals surface area contributed by atoms with Crippen molar-refractivity contribution in [3.63, 3.8) is 0 Å². The Bertz CT molecular complexity index is 487. The first-order valence-electron chi connectivity index (χ1n) is 6.57. The van der Waals surface area contributed by atoms with Crippen molar-refractivity contribution in [3.05, 3.63) is 34.3 Å². The zero-order valence-corrected chi connectivity index (χ0v) is 12.7. The molecular formula is C14H17BrN2O3. The van der Waals surface area contributed by atoms with E-state index in [0.29, 0.717) is 44.8 Å². The molecule has 0 saturated carbocycles. The highest BCUT2D eigenvalue weighted by Gasteiger charge is 2.16. The van der Waals surface area contributed by atoms with E-state index in [0.717, 1.165) is 4.47 Å². The molecule has 0 unspecified atom stereocenters. The predicted molar refractivity (Wildman–Crippen MR) is 78.5 cm³/mol. The quantitative estimate of drug-likeness (QED) is 0.901. The highest BCUT2D eigenvalue weighted by atomic mass is 79.9. The number of halogens is 1. The molecule has 2 rings (SSSR count). The summed E-state index contributed by atoms with van der Waals surface area (Å²) in [6.07, 6.45) is 0.316. The van der Waals surface area contributed by atoms with Crippen LogP contribution in [0, 0.1) is 0 Å². The van der Waals surface area contributed by atoms with Gasteiger partial charge in [0.2, 0.25) is 5.91 Å². The monoisotopic (exact) mass is 340 g/mol. The van der Waals surface area contributed by atoms with Crippen LogP contribution in [0.2, 0.25) is 0 Å². The number of carbonyl (C=O) groups is 2. The van der Waals surface area contributed by atoms with Crippen LogP contribution in [0.1, 0.15) is 16.8 Å². The summed E-state index contributed by atoms with van der Waals surface area (Å²) in [5.41, 5.74) is 0.575. The first-order chi connectivity index (χ1) is 9.68. The molecule has 1 saturated heterocycles. The van der Waals surface area contributed by atoms with Crippen molar-refractivity contribution in [1.82, 2.24) is 10.2 Å². The molecule has 108 valence electrons. The molecule has 5 nitrogen and oxygen atoms in total. The van der Waals surface area contributed by atoms with E-state index in [4.69, 9.17) is 4.74 Å². The minimum Gasteiger partial charge on any atom is -0.378 e. The molecule has 0 radical (unpaired) electrons. The van der Waals surface area contributed by atoms with Gasteiger partial charge in [0.15, 0.2) is 0 Å². The maximum atomic E-state index is 11.9. The van der Waals surface area contributed by atoms with E-state index in [1.165, 1.54) is 0 Å². The van der Waals surface area contributed by atoms with Gasteiger partial charge in [0, 0.05) is 30.5 Å². The third-order valence-corrected chi connectivity index (χ3v) is 3.80. The summed E-state index contributed by atoms with van der Waals surface area (Å²) in [5.74, 6) is -0.118. The summed E-state index contributed by atoms with van der Waals surface area (Å²) in [5, 5.41) is 2.76. The topological polar surface area (TPSA) is 58.6 Å². The van der Waals surface area contributed by atoms with Crippen LogP contribution in [-0.4, -0.2) is 49.6 Å². The lowest BCUT2D eigenvalue weighted by Crippen LogP contribution is -2.42. The molecule has 2 amide bonds. The second-order valence-electron chi connectivity index (χ2n) is 4.48. The van der Waals surface area contributed by atoms with Gasteiger partial charge in [-0.15, -0.1) is 0 Å². The van der Waals surface area contributed by atoms with Crippen LogP contribution >= 0.6 is 15.9 Å². The van der Waals surface area contributed by atoms with Gasteiger partial charge in [-0.3, -0.25) is 9.59 Å². The molecule has 1 heterocycles. The molecule has 20 heavy (non-hydrogen) atoms. The number of nitrogens with zero attached hydrogens (tertiary/aromatic N) is 1. The van der Waals surface area contributed by atoms with Crippen molar-refractivity contribution in [3.8, 4) is 0 Å². The molecule has 0 atom stereocenters. The molecule has 1 aliphatic heterocycles. The van der Waals surface area contributed by atoms with Gasteiger partial charge < -0.3 is 15.0 Å². The predicted octanol–water partition coefficient (Wildman–Crippen LogP) is 1.43. The van der Waals surface area contributed by atoms with E-state index in [1.54, 1.807) is 17.0 Å². The molecule has 1 N–H and O–H groups in total. The van der Waals surface area contributed by atoms with E-state index in [9.17, 15) is 9.59 Å². The largest absolute Gasteiger partial charge is 0.378 e. The third kappa shape index (κ3) is 4.05. The van der Waals surface area contributed by atoms with Crippen LogP contribution in [0.15, 0.2) is 28.7 Å². The van der Waals surface area contributed by atoms with Crippen LogP contribution in [0.4, 0.5) is 0 Å². The Morgan fingerprint density at radius 1 is 1.25 bits per heavy atom. The minimum atomic E-state index is -0.174. The van der Waals surface area contributed by atoms with E-state index in [1.807, 2.05) is 12.1 Å². The second kappa shape index (κ2) is 7.40. The number of morpholine rings is 1. The first-order valence-corrected chi connectivity index (χ1v) is 7.36. The molecule has 0 bridgehead atoms. The number of amides is 2. The molecular weight excluding hydrogens is 324 g/mol. The van der Waals surface area contributed by atoms with Gasteiger partial charge in [-0.2, -0.15) is 0 Å². The van der Waals surface area contributed by atoms with Crippen molar-refractivity contribution in [2.75, 3.05) is 32.8 Å². The van der Waals surface area contributed by atoms with Crippen molar-refractivity contribution < 1.29 is 14.3 Å². The van der Waals surface area contributed by atoms with Crippen LogP contribution in [0.3, 0.4) is 0 Å². The summed E-state index contributed by atoms with van der Waals surface area (Å²) in [6.45, 7) is 2.80. The summed E-state index contributed by atoms with van der Waals surface area (Å²) in [7, 11) is 0. The van der Waals surface area contributed by atoms with Crippen LogP contribution in [0.25, 0.3) is 0 Å². The Kier molecular flexibility index (Phi) is 5.55. The molecule has 1 aromatic carbocycles. The van der Waals surface area contributed by atoms with Gasteiger partial charge in [0.25, 0.3) is 5.91 Å². The van der Waals surface area contributed by atoms with Crippen LogP contribution in [-0.2, 0) is 9.53 Å². The lowest BCUT2D eigenvalue weighted by Gasteiger charge is -2.26. The summed E-state index contributed by atoms with van der Waals surface area (Å²) in [4.78, 5) is 25.6. The molecule has 0 spiro atoms. The number of carbonyl (C=O) groups excluding carboxylic acids is 2. The summed E-state index contributed by atoms with van der Waals surface area (Å²) >= 11 is 3.33. The van der Waals surface area contributed by atoms with Crippen molar-refractivity contribution in [2.24, 2.45) is 0 Å². The SMILES string of the molecule is O=C(NCCC(=O)N1CCOCC1)c1ccccc1Br. The van der Waals surface area contributed by atoms with Gasteiger partial charge in [-0.05, 0) is 28.1 Å². The fourth-order valence-corrected chi connectivity index (χ4v) is 2.46. The zero-order chi connectivity index (χ0) is 14.4. The maximum absolute atomic E-state index is 11.9. The zero-order valence-electron chi connectivity index (χ0n) is 11.1. The van der Waals surface area contributed by atoms with Crippen molar-refractivity contribution >= 4 is 27.7 Å². The number of benzene rings is 1. The Balaban J connectivity index is 1.76. The highest BCUT2D eigenvalue weighted by molar-refractivity contribution is 9.10. The molecule has 1 fully saturated rings.